The van der Waals surface area contributed by atoms with Crippen LogP contribution < -0.4 is 5.32 Å². The summed E-state index contributed by atoms with van der Waals surface area (Å²) in [5.74, 6) is -1.14. The predicted molar refractivity (Wildman–Crippen MR) is 94.1 cm³/mol. The monoisotopic (exact) mass is 369 g/mol. The Kier molecular flexibility index (Phi) is 6.21. The van der Waals surface area contributed by atoms with E-state index in [4.69, 9.17) is 23.2 Å². The fourth-order valence-electron chi connectivity index (χ4n) is 2.35. The van der Waals surface area contributed by atoms with Crippen molar-refractivity contribution in [2.24, 2.45) is 5.41 Å². The molecule has 1 unspecified atom stereocenters. The van der Waals surface area contributed by atoms with E-state index in [-0.39, 0.29) is 28.8 Å². The molecule has 2 aromatic carbocycles. The maximum Gasteiger partial charge on any atom is 0.252 e. The summed E-state index contributed by atoms with van der Waals surface area (Å²) in [5.41, 5.74) is 0.627. The Morgan fingerprint density at radius 2 is 1.88 bits per heavy atom. The van der Waals surface area contributed by atoms with E-state index in [1.807, 2.05) is 37.3 Å². The zero-order valence-corrected chi connectivity index (χ0v) is 14.7. The summed E-state index contributed by atoms with van der Waals surface area (Å²) in [7, 11) is 0. The Hall–Kier alpha value is -1.62. The van der Waals surface area contributed by atoms with Gasteiger partial charge in [0.25, 0.3) is 5.91 Å². The summed E-state index contributed by atoms with van der Waals surface area (Å²) in [6.07, 6.45) is 0.600. The molecule has 3 nitrogen and oxygen atoms in total. The van der Waals surface area contributed by atoms with Crippen LogP contribution in [0.15, 0.2) is 42.5 Å². The van der Waals surface area contributed by atoms with Crippen molar-refractivity contribution in [1.82, 2.24) is 5.32 Å². The number of halogens is 3. The van der Waals surface area contributed by atoms with Crippen LogP contribution in [0.2, 0.25) is 10.0 Å². The van der Waals surface area contributed by atoms with E-state index in [1.54, 1.807) is 0 Å². The van der Waals surface area contributed by atoms with E-state index < -0.39 is 17.1 Å². The first-order chi connectivity index (χ1) is 11.3. The van der Waals surface area contributed by atoms with Crippen LogP contribution in [0.1, 0.15) is 22.8 Å². The molecule has 0 bridgehead atoms. The molecule has 2 aromatic rings. The summed E-state index contributed by atoms with van der Waals surface area (Å²) in [5, 5.41) is 12.3. The lowest BCUT2D eigenvalue weighted by molar-refractivity contribution is 0.0895. The molecule has 2 rings (SSSR count). The Morgan fingerprint density at radius 1 is 1.21 bits per heavy atom. The minimum Gasteiger partial charge on any atom is -0.396 e. The van der Waals surface area contributed by atoms with Gasteiger partial charge in [0.15, 0.2) is 0 Å². The van der Waals surface area contributed by atoms with Crippen LogP contribution in [0, 0.1) is 11.2 Å². The van der Waals surface area contributed by atoms with Crippen molar-refractivity contribution < 1.29 is 14.3 Å². The Balaban J connectivity index is 2.07. The molecule has 6 heteroatoms. The minimum atomic E-state index is -0.678. The number of carbonyl (C=O) groups excluding carboxylic acids is 1. The van der Waals surface area contributed by atoms with Gasteiger partial charge in [-0.1, -0.05) is 60.5 Å². The van der Waals surface area contributed by atoms with Crippen molar-refractivity contribution in [2.75, 3.05) is 13.2 Å². The predicted octanol–water partition coefficient (Wildman–Crippen LogP) is 4.10. The van der Waals surface area contributed by atoms with Crippen molar-refractivity contribution in [3.63, 3.8) is 0 Å². The highest BCUT2D eigenvalue weighted by Gasteiger charge is 2.25. The highest BCUT2D eigenvalue weighted by molar-refractivity contribution is 6.35. The Labute approximate surface area is 150 Å². The minimum absolute atomic E-state index is 0.0110. The number of benzene rings is 2. The molecule has 128 valence electrons. The van der Waals surface area contributed by atoms with Crippen molar-refractivity contribution in [1.29, 1.82) is 0 Å². The Bertz CT molecular complexity index is 724. The number of aliphatic hydroxyl groups excluding tert-OH is 1. The molecule has 2 N–H and O–H groups in total. The van der Waals surface area contributed by atoms with Gasteiger partial charge in [0.2, 0.25) is 0 Å². The molecule has 0 aliphatic heterocycles. The normalized spacial score (nSPS) is 13.4. The molecule has 0 aliphatic carbocycles. The second-order valence-electron chi connectivity index (χ2n) is 6.06. The number of aliphatic hydroxyl groups is 1. The van der Waals surface area contributed by atoms with E-state index in [9.17, 15) is 14.3 Å². The van der Waals surface area contributed by atoms with Crippen LogP contribution in [0.5, 0.6) is 0 Å². The topological polar surface area (TPSA) is 49.3 Å². The third-order valence-corrected chi connectivity index (χ3v) is 4.39. The average molecular weight is 370 g/mol. The van der Waals surface area contributed by atoms with Crippen LogP contribution >= 0.6 is 23.2 Å². The molecular weight excluding hydrogens is 352 g/mol. The van der Waals surface area contributed by atoms with Gasteiger partial charge in [0.05, 0.1) is 22.2 Å². The summed E-state index contributed by atoms with van der Waals surface area (Å²) >= 11 is 11.6. The second-order valence-corrected chi connectivity index (χ2v) is 6.87. The largest absolute Gasteiger partial charge is 0.396 e. The van der Waals surface area contributed by atoms with E-state index in [0.717, 1.165) is 11.6 Å². The van der Waals surface area contributed by atoms with E-state index in [0.29, 0.717) is 6.42 Å². The fraction of sp³-hybridized carbons (Fsp3) is 0.278. The number of carbonyl (C=O) groups is 1. The number of rotatable bonds is 6. The highest BCUT2D eigenvalue weighted by atomic mass is 35.5. The van der Waals surface area contributed by atoms with Crippen molar-refractivity contribution in [2.45, 2.75) is 13.3 Å². The van der Waals surface area contributed by atoms with Crippen molar-refractivity contribution >= 4 is 29.1 Å². The van der Waals surface area contributed by atoms with Gasteiger partial charge >= 0.3 is 0 Å². The van der Waals surface area contributed by atoms with Crippen LogP contribution in [0.3, 0.4) is 0 Å². The second kappa shape index (κ2) is 7.97. The van der Waals surface area contributed by atoms with Gasteiger partial charge in [-0.15, -0.1) is 0 Å². The molecule has 0 heterocycles. The zero-order valence-electron chi connectivity index (χ0n) is 13.2. The van der Waals surface area contributed by atoms with E-state index in [2.05, 4.69) is 5.32 Å². The van der Waals surface area contributed by atoms with Gasteiger partial charge in [-0.25, -0.2) is 4.39 Å². The molecule has 24 heavy (non-hydrogen) atoms. The lowest BCUT2D eigenvalue weighted by Crippen LogP contribution is -2.39. The van der Waals surface area contributed by atoms with E-state index in [1.165, 1.54) is 6.07 Å². The van der Waals surface area contributed by atoms with Gasteiger partial charge in [0, 0.05) is 12.0 Å². The summed E-state index contributed by atoms with van der Waals surface area (Å²) in [6.45, 7) is 2.02. The molecule has 0 saturated carbocycles. The van der Waals surface area contributed by atoms with Crippen molar-refractivity contribution in [3.05, 3.63) is 69.5 Å². The molecule has 0 saturated heterocycles. The first-order valence-electron chi connectivity index (χ1n) is 7.42. The van der Waals surface area contributed by atoms with Crippen LogP contribution in [0.4, 0.5) is 4.39 Å². The first-order valence-corrected chi connectivity index (χ1v) is 8.18. The van der Waals surface area contributed by atoms with E-state index >= 15 is 0 Å². The third kappa shape index (κ3) is 4.69. The maximum atomic E-state index is 13.3. The molecule has 0 aromatic heterocycles. The van der Waals surface area contributed by atoms with Gasteiger partial charge in [-0.3, -0.25) is 4.79 Å². The van der Waals surface area contributed by atoms with Crippen LogP contribution in [0.25, 0.3) is 0 Å². The maximum absolute atomic E-state index is 13.3. The quantitative estimate of drug-likeness (QED) is 0.752. The molecule has 0 aliphatic rings. The number of hydrogen-bond donors (Lipinski definition) is 2. The molecule has 0 radical (unpaired) electrons. The number of amides is 1. The smallest absolute Gasteiger partial charge is 0.252 e. The summed E-state index contributed by atoms with van der Waals surface area (Å²) < 4.78 is 13.3. The standard InChI is InChI=1S/C18H18Cl2FNO2/c1-18(11-23,9-12-5-3-2-4-6-12)10-22-17(24)13-7-15(20)16(21)8-14(13)19/h2-8,23H,9-11H2,1H3,(H,22,24). The lowest BCUT2D eigenvalue weighted by Gasteiger charge is -2.28. The first kappa shape index (κ1) is 18.7. The van der Waals surface area contributed by atoms with Gasteiger partial charge in [-0.2, -0.15) is 0 Å². The van der Waals surface area contributed by atoms with Crippen LogP contribution in [-0.2, 0) is 6.42 Å². The van der Waals surface area contributed by atoms with Gasteiger partial charge in [0.1, 0.15) is 5.82 Å². The highest BCUT2D eigenvalue weighted by Crippen LogP contribution is 2.25. The number of nitrogens with one attached hydrogen (secondary N) is 1. The van der Waals surface area contributed by atoms with Crippen molar-refractivity contribution in [3.8, 4) is 0 Å². The van der Waals surface area contributed by atoms with Crippen LogP contribution in [-0.4, -0.2) is 24.2 Å². The molecule has 0 spiro atoms. The zero-order chi connectivity index (χ0) is 17.7. The SMILES string of the molecule is CC(CO)(CNC(=O)c1cc(Cl)c(F)cc1Cl)Cc1ccccc1. The van der Waals surface area contributed by atoms with Gasteiger partial charge < -0.3 is 10.4 Å². The molecule has 1 amide bonds. The summed E-state index contributed by atoms with van der Waals surface area (Å²) in [4.78, 5) is 12.3. The number of hydrogen-bond acceptors (Lipinski definition) is 2. The lowest BCUT2D eigenvalue weighted by atomic mass is 9.84. The summed E-state index contributed by atoms with van der Waals surface area (Å²) in [6, 6.07) is 11.9. The Morgan fingerprint density at radius 3 is 2.50 bits per heavy atom. The fourth-order valence-corrected chi connectivity index (χ4v) is 2.75. The molecule has 0 fully saturated rings. The van der Waals surface area contributed by atoms with Gasteiger partial charge in [-0.05, 0) is 24.1 Å². The third-order valence-electron chi connectivity index (χ3n) is 3.79. The molecule has 1 atom stereocenters. The average Bonchev–Trinajstić information content (AvgIpc) is 2.57. The molecular formula is C18H18Cl2FNO2.